The number of thioether (sulfide) groups is 1. The molecule has 2 aliphatic rings. The van der Waals surface area contributed by atoms with Gasteiger partial charge >= 0.3 is 6.18 Å². The molecule has 0 bridgehead atoms. The predicted octanol–water partition coefficient (Wildman–Crippen LogP) is 3.33. The number of para-hydroxylation sites is 1. The highest BCUT2D eigenvalue weighted by molar-refractivity contribution is 8.01. The number of alkyl halides is 3. The van der Waals surface area contributed by atoms with Crippen molar-refractivity contribution in [1.29, 1.82) is 0 Å². The molecule has 1 aromatic rings. The summed E-state index contributed by atoms with van der Waals surface area (Å²) in [4.78, 5) is 24.6. The highest BCUT2D eigenvalue weighted by Crippen LogP contribution is 2.35. The van der Waals surface area contributed by atoms with Crippen molar-refractivity contribution in [1.82, 2.24) is 10.6 Å². The zero-order chi connectivity index (χ0) is 19.6. The number of carbonyl (C=O) groups is 2. The van der Waals surface area contributed by atoms with Crippen molar-refractivity contribution in [3.8, 4) is 0 Å². The molecule has 2 amide bonds. The van der Waals surface area contributed by atoms with Gasteiger partial charge in [-0.25, -0.2) is 0 Å². The quantitative estimate of drug-likeness (QED) is 0.724. The van der Waals surface area contributed by atoms with E-state index in [0.717, 1.165) is 31.7 Å². The van der Waals surface area contributed by atoms with E-state index < -0.39 is 28.4 Å². The number of carbonyl (C=O) groups excluding carboxylic acids is 2. The first kappa shape index (κ1) is 20.0. The highest BCUT2D eigenvalue weighted by Gasteiger charge is 2.38. The molecule has 148 valence electrons. The number of hydrogen-bond acceptors (Lipinski definition) is 4. The predicted molar refractivity (Wildman–Crippen MR) is 97.9 cm³/mol. The van der Waals surface area contributed by atoms with Crippen molar-refractivity contribution in [2.24, 2.45) is 5.92 Å². The van der Waals surface area contributed by atoms with Crippen LogP contribution in [0.2, 0.25) is 0 Å². The summed E-state index contributed by atoms with van der Waals surface area (Å²) in [6.07, 6.45) is -0.691. The van der Waals surface area contributed by atoms with Crippen molar-refractivity contribution in [2.45, 2.75) is 55.6 Å². The molecule has 3 rings (SSSR count). The molecule has 5 nitrogen and oxygen atoms in total. The van der Waals surface area contributed by atoms with Gasteiger partial charge in [0, 0.05) is 6.04 Å². The van der Waals surface area contributed by atoms with E-state index in [9.17, 15) is 22.8 Å². The number of benzene rings is 1. The SMILES string of the molecule is CC(SC1NC(=O)C2CCCCC2N1)C(=O)Nc1ccccc1C(F)(F)F. The standard InChI is InChI=1S/C18H22F3N3O2S/c1-10(15(25)22-14-9-5-3-7-12(14)18(19,20)21)27-17-23-13-8-4-2-6-11(13)16(26)24-17/h3,5,7,9-11,13,17,23H,2,4,6,8H2,1H3,(H,22,25)(H,24,26). The monoisotopic (exact) mass is 401 g/mol. The second-order valence-electron chi connectivity index (χ2n) is 6.86. The maximum Gasteiger partial charge on any atom is 0.418 e. The Bertz CT molecular complexity index is 713. The largest absolute Gasteiger partial charge is 0.418 e. The lowest BCUT2D eigenvalue weighted by molar-refractivity contribution is -0.137. The van der Waals surface area contributed by atoms with Crippen LogP contribution >= 0.6 is 11.8 Å². The minimum Gasteiger partial charge on any atom is -0.331 e. The zero-order valence-electron chi connectivity index (χ0n) is 14.8. The second-order valence-corrected chi connectivity index (χ2v) is 8.31. The van der Waals surface area contributed by atoms with E-state index >= 15 is 0 Å². The third-order valence-electron chi connectivity index (χ3n) is 4.94. The smallest absolute Gasteiger partial charge is 0.331 e. The molecule has 4 atom stereocenters. The Balaban J connectivity index is 1.61. The van der Waals surface area contributed by atoms with Gasteiger partial charge in [0.2, 0.25) is 11.8 Å². The van der Waals surface area contributed by atoms with E-state index in [0.29, 0.717) is 0 Å². The Morgan fingerprint density at radius 1 is 1.26 bits per heavy atom. The van der Waals surface area contributed by atoms with Crippen LogP contribution in [-0.2, 0) is 15.8 Å². The van der Waals surface area contributed by atoms with E-state index in [4.69, 9.17) is 0 Å². The molecule has 4 unspecified atom stereocenters. The second kappa shape index (κ2) is 8.10. The van der Waals surface area contributed by atoms with E-state index in [1.165, 1.54) is 30.0 Å². The first-order chi connectivity index (χ1) is 12.8. The van der Waals surface area contributed by atoms with Crippen molar-refractivity contribution in [2.75, 3.05) is 5.32 Å². The summed E-state index contributed by atoms with van der Waals surface area (Å²) in [7, 11) is 0. The van der Waals surface area contributed by atoms with Crippen LogP contribution in [0.25, 0.3) is 0 Å². The third-order valence-corrected chi connectivity index (χ3v) is 6.09. The van der Waals surface area contributed by atoms with E-state index in [1.807, 2.05) is 0 Å². The van der Waals surface area contributed by atoms with Gasteiger partial charge in [0.05, 0.1) is 22.4 Å². The van der Waals surface area contributed by atoms with Crippen LogP contribution in [-0.4, -0.2) is 28.6 Å². The van der Waals surface area contributed by atoms with E-state index in [2.05, 4.69) is 16.0 Å². The van der Waals surface area contributed by atoms with Crippen LogP contribution in [0, 0.1) is 5.92 Å². The molecule has 2 fully saturated rings. The lowest BCUT2D eigenvalue weighted by Crippen LogP contribution is -2.61. The Kier molecular flexibility index (Phi) is 6.00. The number of amides is 2. The van der Waals surface area contributed by atoms with Crippen LogP contribution < -0.4 is 16.0 Å². The fraction of sp³-hybridized carbons (Fsp3) is 0.556. The molecule has 0 radical (unpaired) electrons. The first-order valence-corrected chi connectivity index (χ1v) is 9.89. The Hall–Kier alpha value is -1.74. The number of nitrogens with one attached hydrogen (secondary N) is 3. The van der Waals surface area contributed by atoms with Gasteiger partial charge in [-0.05, 0) is 31.9 Å². The van der Waals surface area contributed by atoms with Gasteiger partial charge in [-0.1, -0.05) is 25.0 Å². The minimum absolute atomic E-state index is 0.0222. The average molecular weight is 401 g/mol. The fourth-order valence-electron chi connectivity index (χ4n) is 3.53. The molecular weight excluding hydrogens is 379 g/mol. The van der Waals surface area contributed by atoms with Gasteiger partial charge in [0.15, 0.2) is 0 Å². The van der Waals surface area contributed by atoms with Crippen LogP contribution in [0.4, 0.5) is 18.9 Å². The number of rotatable bonds is 4. The summed E-state index contributed by atoms with van der Waals surface area (Å²) in [5.74, 6) is -0.608. The lowest BCUT2D eigenvalue weighted by atomic mass is 9.83. The zero-order valence-corrected chi connectivity index (χ0v) is 15.6. The number of halogens is 3. The molecule has 1 aliphatic heterocycles. The Labute approximate surface area is 159 Å². The van der Waals surface area contributed by atoms with E-state index in [-0.39, 0.29) is 23.6 Å². The summed E-state index contributed by atoms with van der Waals surface area (Å²) >= 11 is 1.18. The maximum absolute atomic E-state index is 13.1. The summed E-state index contributed by atoms with van der Waals surface area (Å²) < 4.78 is 39.2. The average Bonchev–Trinajstić information content (AvgIpc) is 2.61. The van der Waals surface area contributed by atoms with Crippen molar-refractivity contribution in [3.63, 3.8) is 0 Å². The van der Waals surface area contributed by atoms with Crippen LogP contribution in [0.15, 0.2) is 24.3 Å². The first-order valence-electron chi connectivity index (χ1n) is 8.94. The highest BCUT2D eigenvalue weighted by atomic mass is 32.2. The molecule has 1 saturated carbocycles. The van der Waals surface area contributed by atoms with Gasteiger partial charge in [-0.2, -0.15) is 13.2 Å². The van der Waals surface area contributed by atoms with Crippen LogP contribution in [0.3, 0.4) is 0 Å². The van der Waals surface area contributed by atoms with Gasteiger partial charge in [0.25, 0.3) is 0 Å². The molecule has 3 N–H and O–H groups in total. The van der Waals surface area contributed by atoms with Gasteiger partial charge in [0.1, 0.15) is 5.50 Å². The lowest BCUT2D eigenvalue weighted by Gasteiger charge is -2.40. The van der Waals surface area contributed by atoms with Crippen LogP contribution in [0.5, 0.6) is 0 Å². The molecule has 1 heterocycles. The summed E-state index contributed by atoms with van der Waals surface area (Å²) in [6, 6.07) is 4.96. The molecule has 0 aromatic heterocycles. The van der Waals surface area contributed by atoms with Gasteiger partial charge in [-0.15, -0.1) is 11.8 Å². The molecule has 27 heavy (non-hydrogen) atoms. The molecule has 9 heteroatoms. The summed E-state index contributed by atoms with van der Waals surface area (Å²) in [6.45, 7) is 1.61. The molecule has 1 aromatic carbocycles. The summed E-state index contributed by atoms with van der Waals surface area (Å²) in [5.41, 5.74) is -1.59. The Morgan fingerprint density at radius 3 is 2.70 bits per heavy atom. The number of fused-ring (bicyclic) bond motifs is 1. The number of hydrogen-bond donors (Lipinski definition) is 3. The summed E-state index contributed by atoms with van der Waals surface area (Å²) in [5, 5.41) is 7.90. The molecular formula is C18H22F3N3O2S. The fourth-order valence-corrected chi connectivity index (χ4v) is 4.56. The van der Waals surface area contributed by atoms with Crippen molar-refractivity contribution in [3.05, 3.63) is 29.8 Å². The van der Waals surface area contributed by atoms with Crippen molar-refractivity contribution >= 4 is 29.3 Å². The molecule has 1 aliphatic carbocycles. The normalized spacial score (nSPS) is 26.7. The van der Waals surface area contributed by atoms with Gasteiger partial charge < -0.3 is 10.6 Å². The van der Waals surface area contributed by atoms with Crippen LogP contribution in [0.1, 0.15) is 38.2 Å². The van der Waals surface area contributed by atoms with Crippen molar-refractivity contribution < 1.29 is 22.8 Å². The maximum atomic E-state index is 13.1. The molecule has 1 saturated heterocycles. The topological polar surface area (TPSA) is 70.2 Å². The number of anilines is 1. The minimum atomic E-state index is -4.55. The molecule has 0 spiro atoms. The van der Waals surface area contributed by atoms with E-state index in [1.54, 1.807) is 6.92 Å². The third kappa shape index (κ3) is 4.76. The van der Waals surface area contributed by atoms with Gasteiger partial charge in [-0.3, -0.25) is 14.9 Å². The Morgan fingerprint density at radius 2 is 1.96 bits per heavy atom.